The second-order valence-electron chi connectivity index (χ2n) is 10.5. The van der Waals surface area contributed by atoms with Crippen LogP contribution in [0.5, 0.6) is 5.75 Å². The summed E-state index contributed by atoms with van der Waals surface area (Å²) in [7, 11) is 0. The molecule has 0 spiro atoms. The van der Waals surface area contributed by atoms with Crippen LogP contribution in [0.25, 0.3) is 10.9 Å². The van der Waals surface area contributed by atoms with E-state index in [0.29, 0.717) is 17.2 Å². The Hall–Kier alpha value is -1.59. The molecule has 0 amide bonds. The Kier molecular flexibility index (Phi) is 6.83. The van der Waals surface area contributed by atoms with Crippen LogP contribution in [-0.4, -0.2) is 26.1 Å². The number of ether oxygens (including phenoxy) is 1. The van der Waals surface area contributed by atoms with E-state index < -0.39 is 11.4 Å². The summed E-state index contributed by atoms with van der Waals surface area (Å²) in [6, 6.07) is 10.1. The summed E-state index contributed by atoms with van der Waals surface area (Å²) < 4.78 is 22.6. The second-order valence-corrected chi connectivity index (χ2v) is 12.5. The Morgan fingerprint density at radius 3 is 2.30 bits per heavy atom. The molecular formula is C25H36N2O2S. The first kappa shape index (κ1) is 23.1. The van der Waals surface area contributed by atoms with E-state index in [4.69, 9.17) is 9.72 Å². The lowest BCUT2D eigenvalue weighted by Gasteiger charge is -2.36. The van der Waals surface area contributed by atoms with Crippen LogP contribution >= 0.6 is 0 Å². The molecule has 1 saturated carbocycles. The Balaban J connectivity index is 1.69. The minimum Gasteiger partial charge on any atom is -0.591 e. The Labute approximate surface area is 184 Å². The SMILES string of the molecule is C/C(=N/[S+]([O-])C(C)(C)C)c1ccc2cc(O[C@H]3CC[C@H](C(C)(C)C)CC3)ccc2n1. The second kappa shape index (κ2) is 8.88. The summed E-state index contributed by atoms with van der Waals surface area (Å²) >= 11 is -1.29. The van der Waals surface area contributed by atoms with E-state index in [2.05, 4.69) is 31.2 Å². The molecule has 1 aromatic heterocycles. The molecule has 164 valence electrons. The van der Waals surface area contributed by atoms with E-state index in [1.54, 1.807) is 0 Å². The lowest BCUT2D eigenvalue weighted by atomic mass is 9.72. The van der Waals surface area contributed by atoms with E-state index in [9.17, 15) is 4.55 Å². The first-order chi connectivity index (χ1) is 13.9. The van der Waals surface area contributed by atoms with Crippen LogP contribution in [0.3, 0.4) is 0 Å². The molecule has 1 fully saturated rings. The smallest absolute Gasteiger partial charge is 0.144 e. The molecule has 4 nitrogen and oxygen atoms in total. The summed E-state index contributed by atoms with van der Waals surface area (Å²) in [5.41, 5.74) is 2.74. The van der Waals surface area contributed by atoms with Crippen molar-refractivity contribution in [3.63, 3.8) is 0 Å². The maximum absolute atomic E-state index is 12.3. The molecule has 0 saturated heterocycles. The summed E-state index contributed by atoms with van der Waals surface area (Å²) in [5.74, 6) is 1.70. The van der Waals surface area contributed by atoms with Crippen molar-refractivity contribution in [3.05, 3.63) is 36.0 Å². The van der Waals surface area contributed by atoms with Gasteiger partial charge in [-0.15, -0.1) is 0 Å². The number of hydrogen-bond donors (Lipinski definition) is 0. The summed E-state index contributed by atoms with van der Waals surface area (Å²) in [5, 5.41) is 1.05. The number of fused-ring (bicyclic) bond motifs is 1. The molecule has 1 aromatic carbocycles. The molecule has 30 heavy (non-hydrogen) atoms. The zero-order valence-corrected chi connectivity index (χ0v) is 20.3. The third-order valence-electron chi connectivity index (χ3n) is 5.98. The minimum absolute atomic E-state index is 0.301. The van der Waals surface area contributed by atoms with Gasteiger partial charge in [0.1, 0.15) is 27.6 Å². The average molecular weight is 429 g/mol. The summed E-state index contributed by atoms with van der Waals surface area (Å²) in [4.78, 5) is 4.71. The topological polar surface area (TPSA) is 57.5 Å². The third-order valence-corrected chi connectivity index (χ3v) is 7.46. The number of pyridine rings is 1. The highest BCUT2D eigenvalue weighted by Crippen LogP contribution is 2.39. The Morgan fingerprint density at radius 1 is 1.03 bits per heavy atom. The molecule has 0 N–H and O–H groups in total. The zero-order valence-electron chi connectivity index (χ0n) is 19.5. The van der Waals surface area contributed by atoms with Crippen molar-refractivity contribution < 1.29 is 9.29 Å². The molecule has 0 bridgehead atoms. The molecule has 1 aliphatic carbocycles. The van der Waals surface area contributed by atoms with Crippen molar-refractivity contribution in [1.29, 1.82) is 0 Å². The number of benzene rings is 1. The van der Waals surface area contributed by atoms with Crippen molar-refractivity contribution in [2.24, 2.45) is 15.7 Å². The van der Waals surface area contributed by atoms with Gasteiger partial charge in [0.05, 0.1) is 17.3 Å². The molecule has 3 rings (SSSR count). The van der Waals surface area contributed by atoms with Crippen molar-refractivity contribution >= 4 is 28.0 Å². The zero-order chi connectivity index (χ0) is 22.1. The maximum atomic E-state index is 12.3. The quantitative estimate of drug-likeness (QED) is 0.413. The molecule has 2 aromatic rings. The molecule has 5 heteroatoms. The van der Waals surface area contributed by atoms with Crippen LogP contribution in [0, 0.1) is 11.3 Å². The van der Waals surface area contributed by atoms with Gasteiger partial charge in [0.2, 0.25) is 0 Å². The molecule has 1 atom stereocenters. The van der Waals surface area contributed by atoms with Gasteiger partial charge in [-0.25, -0.2) is 4.98 Å². The van der Waals surface area contributed by atoms with E-state index in [1.807, 2.05) is 52.0 Å². The van der Waals surface area contributed by atoms with Crippen LogP contribution in [0.15, 0.2) is 34.7 Å². The monoisotopic (exact) mass is 428 g/mol. The first-order valence-electron chi connectivity index (χ1n) is 11.0. The lowest BCUT2D eigenvalue weighted by Crippen LogP contribution is -2.30. The van der Waals surface area contributed by atoms with E-state index in [0.717, 1.165) is 41.1 Å². The normalized spacial score (nSPS) is 22.2. The maximum Gasteiger partial charge on any atom is 0.144 e. The van der Waals surface area contributed by atoms with Gasteiger partial charge in [0.15, 0.2) is 0 Å². The van der Waals surface area contributed by atoms with Gasteiger partial charge >= 0.3 is 0 Å². The fourth-order valence-electron chi connectivity index (χ4n) is 3.93. The molecular weight excluding hydrogens is 392 g/mol. The van der Waals surface area contributed by atoms with Crippen LogP contribution in [-0.2, 0) is 11.4 Å². The standard InChI is InChI=1S/C25H36N2O2S/c1-17(27-30(28)25(5,6)7)22-14-8-18-16-21(13-15-23(18)26-22)29-20-11-9-19(10-12-20)24(2,3)4/h8,13-16,19-20H,9-12H2,1-7H3/b27-17-/t19-,20-,30?. The molecule has 1 unspecified atom stereocenters. The fraction of sp³-hybridized carbons (Fsp3) is 0.600. The van der Waals surface area contributed by atoms with Gasteiger partial charge < -0.3 is 9.29 Å². The highest BCUT2D eigenvalue weighted by atomic mass is 32.2. The predicted octanol–water partition coefficient (Wildman–Crippen LogP) is 6.49. The van der Waals surface area contributed by atoms with Crippen LogP contribution < -0.4 is 4.74 Å². The van der Waals surface area contributed by atoms with Gasteiger partial charge in [-0.2, -0.15) is 0 Å². The molecule has 1 heterocycles. The highest BCUT2D eigenvalue weighted by Gasteiger charge is 2.30. The van der Waals surface area contributed by atoms with Gasteiger partial charge in [-0.3, -0.25) is 0 Å². The molecule has 0 radical (unpaired) electrons. The van der Waals surface area contributed by atoms with Crippen molar-refractivity contribution in [3.8, 4) is 5.75 Å². The Bertz CT molecular complexity index is 903. The van der Waals surface area contributed by atoms with Crippen molar-refractivity contribution in [1.82, 2.24) is 4.98 Å². The van der Waals surface area contributed by atoms with Gasteiger partial charge in [0, 0.05) is 5.39 Å². The van der Waals surface area contributed by atoms with Crippen LogP contribution in [0.2, 0.25) is 0 Å². The summed E-state index contributed by atoms with van der Waals surface area (Å²) in [6.45, 7) is 14.7. The highest BCUT2D eigenvalue weighted by molar-refractivity contribution is 7.91. The lowest BCUT2D eigenvalue weighted by molar-refractivity contribution is 0.0883. The van der Waals surface area contributed by atoms with Crippen molar-refractivity contribution in [2.45, 2.75) is 85.0 Å². The van der Waals surface area contributed by atoms with Crippen LogP contribution in [0.1, 0.15) is 79.8 Å². The average Bonchev–Trinajstić information content (AvgIpc) is 2.66. The van der Waals surface area contributed by atoms with Gasteiger partial charge in [-0.1, -0.05) is 31.2 Å². The van der Waals surface area contributed by atoms with Crippen molar-refractivity contribution in [2.75, 3.05) is 0 Å². The fourth-order valence-corrected chi connectivity index (χ4v) is 4.54. The summed E-state index contributed by atoms with van der Waals surface area (Å²) in [6.07, 6.45) is 5.02. The third kappa shape index (κ3) is 5.76. The number of aromatic nitrogens is 1. The number of nitrogens with zero attached hydrogens (tertiary/aromatic N) is 2. The molecule has 0 aliphatic heterocycles. The number of rotatable bonds is 4. The van der Waals surface area contributed by atoms with E-state index in [1.165, 1.54) is 12.8 Å². The van der Waals surface area contributed by atoms with Gasteiger partial charge in [-0.05, 0) is 89.0 Å². The van der Waals surface area contributed by atoms with E-state index in [-0.39, 0.29) is 4.75 Å². The predicted molar refractivity (Wildman–Crippen MR) is 128 cm³/mol. The van der Waals surface area contributed by atoms with Gasteiger partial charge in [0.25, 0.3) is 0 Å². The van der Waals surface area contributed by atoms with Crippen LogP contribution in [0.4, 0.5) is 0 Å². The Morgan fingerprint density at radius 2 is 1.70 bits per heavy atom. The number of hydrogen-bond acceptors (Lipinski definition) is 4. The molecule has 1 aliphatic rings. The minimum atomic E-state index is -1.29. The van der Waals surface area contributed by atoms with E-state index >= 15 is 0 Å². The largest absolute Gasteiger partial charge is 0.591 e. The first-order valence-corrected chi connectivity index (χ1v) is 12.1.